The third-order valence-electron chi connectivity index (χ3n) is 4.34. The fourth-order valence-electron chi connectivity index (χ4n) is 2.70. The lowest BCUT2D eigenvalue weighted by Crippen LogP contribution is -2.27. The van der Waals surface area contributed by atoms with Gasteiger partial charge < -0.3 is 19.5 Å². The number of hydrogen-bond acceptors (Lipinski definition) is 7. The summed E-state index contributed by atoms with van der Waals surface area (Å²) in [6, 6.07) is 10.3. The summed E-state index contributed by atoms with van der Waals surface area (Å²) in [5, 5.41) is 10.5. The Bertz CT molecular complexity index is 706. The average Bonchev–Trinajstić information content (AvgIpc) is 2.85. The molecule has 184 valence electrons. The van der Waals surface area contributed by atoms with Gasteiger partial charge in [-0.15, -0.1) is 5.10 Å². The molecule has 0 fully saturated rings. The molecular formula is C26H41N3O3S. The van der Waals surface area contributed by atoms with Crippen molar-refractivity contribution < 1.29 is 14.2 Å². The third kappa shape index (κ3) is 17.8. The molecule has 0 heterocycles. The second-order valence-electron chi connectivity index (χ2n) is 6.84. The summed E-state index contributed by atoms with van der Waals surface area (Å²) in [7, 11) is 3.54. The SMILES string of the molecule is C=N/N=C(/C=C/C=CC(/C=C\C)OCCC(CCC)NC)OC.SCCOc1ccccc1. The van der Waals surface area contributed by atoms with Gasteiger partial charge in [0.15, 0.2) is 0 Å². The van der Waals surface area contributed by atoms with Crippen molar-refractivity contribution in [2.75, 3.05) is 33.1 Å². The van der Waals surface area contributed by atoms with E-state index in [1.54, 1.807) is 6.08 Å². The molecule has 1 aromatic carbocycles. The minimum Gasteiger partial charge on any atom is -0.493 e. The number of para-hydroxylation sites is 1. The van der Waals surface area contributed by atoms with Crippen molar-refractivity contribution in [3.8, 4) is 5.75 Å². The maximum absolute atomic E-state index is 5.90. The van der Waals surface area contributed by atoms with Crippen molar-refractivity contribution in [2.24, 2.45) is 10.2 Å². The van der Waals surface area contributed by atoms with Crippen LogP contribution < -0.4 is 10.1 Å². The molecule has 0 spiro atoms. The number of hydrogen-bond donors (Lipinski definition) is 2. The van der Waals surface area contributed by atoms with Crippen LogP contribution in [0.1, 0.15) is 33.1 Å². The van der Waals surface area contributed by atoms with Gasteiger partial charge in [-0.05, 0) is 38.9 Å². The Hall–Kier alpha value is -2.35. The highest BCUT2D eigenvalue weighted by Crippen LogP contribution is 2.07. The zero-order valence-corrected chi connectivity index (χ0v) is 21.4. The van der Waals surface area contributed by atoms with E-state index in [0.717, 1.165) is 24.5 Å². The summed E-state index contributed by atoms with van der Waals surface area (Å²) >= 11 is 4.03. The highest BCUT2D eigenvalue weighted by Gasteiger charge is 2.06. The van der Waals surface area contributed by atoms with Crippen LogP contribution in [0.5, 0.6) is 5.75 Å². The van der Waals surface area contributed by atoms with Gasteiger partial charge in [0.2, 0.25) is 5.90 Å². The van der Waals surface area contributed by atoms with Crippen LogP contribution in [0, 0.1) is 0 Å². The molecule has 0 aliphatic carbocycles. The lowest BCUT2D eigenvalue weighted by atomic mass is 10.1. The summed E-state index contributed by atoms with van der Waals surface area (Å²) in [5.41, 5.74) is 0. The van der Waals surface area contributed by atoms with E-state index in [-0.39, 0.29) is 6.10 Å². The molecule has 0 saturated heterocycles. The maximum atomic E-state index is 5.90. The highest BCUT2D eigenvalue weighted by molar-refractivity contribution is 7.80. The number of nitrogens with one attached hydrogen (secondary N) is 1. The van der Waals surface area contributed by atoms with Crippen molar-refractivity contribution >= 4 is 25.2 Å². The molecule has 0 amide bonds. The second kappa shape index (κ2) is 22.8. The van der Waals surface area contributed by atoms with Crippen molar-refractivity contribution in [1.29, 1.82) is 0 Å². The van der Waals surface area contributed by atoms with E-state index in [1.807, 2.05) is 74.7 Å². The average molecular weight is 476 g/mol. The molecule has 1 N–H and O–H groups in total. The van der Waals surface area contributed by atoms with Gasteiger partial charge in [-0.1, -0.05) is 61.9 Å². The summed E-state index contributed by atoms with van der Waals surface area (Å²) in [6.07, 6.45) is 14.8. The Morgan fingerprint density at radius 3 is 2.48 bits per heavy atom. The molecular weight excluding hydrogens is 434 g/mol. The Kier molecular flexibility index (Phi) is 21.2. The molecule has 0 saturated carbocycles. The minimum absolute atomic E-state index is 0.0377. The van der Waals surface area contributed by atoms with Crippen LogP contribution in [0.15, 0.2) is 77.0 Å². The van der Waals surface area contributed by atoms with Crippen molar-refractivity contribution in [1.82, 2.24) is 5.32 Å². The molecule has 2 unspecified atom stereocenters. The van der Waals surface area contributed by atoms with Gasteiger partial charge in [0.1, 0.15) is 5.75 Å². The number of nitrogens with zero attached hydrogens (tertiary/aromatic N) is 2. The van der Waals surface area contributed by atoms with E-state index in [4.69, 9.17) is 14.2 Å². The lowest BCUT2D eigenvalue weighted by molar-refractivity contribution is 0.106. The van der Waals surface area contributed by atoms with Crippen LogP contribution in [-0.2, 0) is 9.47 Å². The van der Waals surface area contributed by atoms with Crippen LogP contribution in [-0.4, -0.2) is 57.9 Å². The Morgan fingerprint density at radius 1 is 1.15 bits per heavy atom. The number of rotatable bonds is 15. The van der Waals surface area contributed by atoms with Crippen LogP contribution in [0.2, 0.25) is 0 Å². The lowest BCUT2D eigenvalue weighted by Gasteiger charge is -2.16. The van der Waals surface area contributed by atoms with E-state index in [1.165, 1.54) is 20.0 Å². The Labute approximate surface area is 205 Å². The Morgan fingerprint density at radius 2 is 1.91 bits per heavy atom. The number of thiol groups is 1. The molecule has 1 aromatic rings. The molecule has 0 aromatic heterocycles. The van der Waals surface area contributed by atoms with Crippen LogP contribution in [0.25, 0.3) is 0 Å². The molecule has 33 heavy (non-hydrogen) atoms. The zero-order chi connectivity index (χ0) is 24.6. The smallest absolute Gasteiger partial charge is 0.232 e. The van der Waals surface area contributed by atoms with Crippen LogP contribution in [0.4, 0.5) is 0 Å². The predicted octanol–water partition coefficient (Wildman–Crippen LogP) is 5.49. The van der Waals surface area contributed by atoms with Crippen LogP contribution in [0.3, 0.4) is 0 Å². The fourth-order valence-corrected chi connectivity index (χ4v) is 2.79. The quantitative estimate of drug-likeness (QED) is 0.0879. The van der Waals surface area contributed by atoms with E-state index in [0.29, 0.717) is 18.5 Å². The number of ether oxygens (including phenoxy) is 3. The number of methoxy groups -OCH3 is 1. The molecule has 2 atom stereocenters. The standard InChI is InChI=1S/C18H31N3O2.C8H10OS/c1-6-10-16(19-3)14-15-23-17(11-7-2)12-8-9-13-18(22-5)21-20-4;10-7-6-9-8-4-2-1-3-5-8/h7-9,11-13,16-17,19H,4,6,10,14-15H2,1-3,5H3;1-5,10H,6-7H2/b11-7-,12-8?,13-9+,21-18-;. The first-order valence-electron chi connectivity index (χ1n) is 11.3. The molecule has 0 radical (unpaired) electrons. The van der Waals surface area contributed by atoms with Gasteiger partial charge in [-0.2, -0.15) is 17.7 Å². The van der Waals surface area contributed by atoms with Gasteiger partial charge >= 0.3 is 0 Å². The second-order valence-corrected chi connectivity index (χ2v) is 7.28. The largest absolute Gasteiger partial charge is 0.493 e. The van der Waals surface area contributed by atoms with Gasteiger partial charge in [0, 0.05) is 31.2 Å². The van der Waals surface area contributed by atoms with Gasteiger partial charge in [-0.3, -0.25) is 0 Å². The van der Waals surface area contributed by atoms with E-state index in [2.05, 4.69) is 41.8 Å². The van der Waals surface area contributed by atoms with Crippen LogP contribution >= 0.6 is 12.6 Å². The van der Waals surface area contributed by atoms with Gasteiger partial charge in [-0.25, -0.2) is 0 Å². The van der Waals surface area contributed by atoms with E-state index < -0.39 is 0 Å². The summed E-state index contributed by atoms with van der Waals surface area (Å²) in [6.45, 7) is 8.87. The van der Waals surface area contributed by atoms with Gasteiger partial charge in [0.25, 0.3) is 0 Å². The summed E-state index contributed by atoms with van der Waals surface area (Å²) in [4.78, 5) is 0. The zero-order valence-electron chi connectivity index (χ0n) is 20.5. The molecule has 1 rings (SSSR count). The highest BCUT2D eigenvalue weighted by atomic mass is 32.1. The summed E-state index contributed by atoms with van der Waals surface area (Å²) in [5.74, 6) is 2.08. The molecule has 6 nitrogen and oxygen atoms in total. The number of allylic oxidation sites excluding steroid dienone is 3. The normalized spacial score (nSPS) is 13.7. The summed E-state index contributed by atoms with van der Waals surface area (Å²) < 4.78 is 16.2. The molecule has 7 heteroatoms. The first-order chi connectivity index (χ1) is 16.1. The monoisotopic (exact) mass is 475 g/mol. The van der Waals surface area contributed by atoms with E-state index in [9.17, 15) is 0 Å². The van der Waals surface area contributed by atoms with E-state index >= 15 is 0 Å². The fraction of sp³-hybridized carbons (Fsp3) is 0.462. The minimum atomic E-state index is -0.0377. The first kappa shape index (κ1) is 30.6. The third-order valence-corrected chi connectivity index (χ3v) is 4.52. The number of benzene rings is 1. The first-order valence-corrected chi connectivity index (χ1v) is 11.9. The van der Waals surface area contributed by atoms with Crippen molar-refractivity contribution in [3.05, 3.63) is 66.8 Å². The maximum Gasteiger partial charge on any atom is 0.232 e. The van der Waals surface area contributed by atoms with Crippen molar-refractivity contribution in [3.63, 3.8) is 0 Å². The molecule has 0 aliphatic rings. The topological polar surface area (TPSA) is 64.4 Å². The molecule has 0 bridgehead atoms. The predicted molar refractivity (Wildman–Crippen MR) is 145 cm³/mol. The van der Waals surface area contributed by atoms with Gasteiger partial charge in [0.05, 0.1) is 19.8 Å². The Balaban J connectivity index is 0.000000843. The molecule has 0 aliphatic heterocycles. The van der Waals surface area contributed by atoms with Crippen molar-refractivity contribution in [2.45, 2.75) is 45.3 Å².